The van der Waals surface area contributed by atoms with E-state index >= 15 is 0 Å². The summed E-state index contributed by atoms with van der Waals surface area (Å²) in [6, 6.07) is 16.0. The lowest BCUT2D eigenvalue weighted by atomic mass is 10.2. The van der Waals surface area contributed by atoms with Crippen LogP contribution in [0.2, 0.25) is 0 Å². The summed E-state index contributed by atoms with van der Waals surface area (Å²) in [5.41, 5.74) is 6.11. The summed E-state index contributed by atoms with van der Waals surface area (Å²) in [4.78, 5) is 4.45. The Balaban J connectivity index is 1.77. The topological polar surface area (TPSA) is 62.0 Å². The first-order valence-corrected chi connectivity index (χ1v) is 8.61. The van der Waals surface area contributed by atoms with Crippen LogP contribution < -0.4 is 5.43 Å². The quantitative estimate of drug-likeness (QED) is 0.284. The number of hydrazone groups is 1. The molecule has 0 aliphatic rings. The molecule has 1 heterocycles. The molecule has 3 aromatic rings. The predicted octanol–water partition coefficient (Wildman–Crippen LogP) is 5.77. The number of hydrogen-bond acceptors (Lipinski definition) is 5. The third-order valence-corrected chi connectivity index (χ3v) is 4.31. The number of aromatic nitrogens is 1. The highest BCUT2D eigenvalue weighted by Gasteiger charge is 2.06. The van der Waals surface area contributed by atoms with Crippen molar-refractivity contribution in [2.45, 2.75) is 20.8 Å². The van der Waals surface area contributed by atoms with Crippen LogP contribution in [0.25, 0.3) is 10.2 Å². The Morgan fingerprint density at radius 2 is 1.83 bits per heavy atom. The number of thiazole rings is 1. The third-order valence-electron chi connectivity index (χ3n) is 3.39. The fourth-order valence-corrected chi connectivity index (χ4v) is 2.80. The highest BCUT2D eigenvalue weighted by Crippen LogP contribution is 2.28. The Hall–Kier alpha value is -2.60. The van der Waals surface area contributed by atoms with E-state index in [1.807, 2.05) is 62.4 Å². The minimum absolute atomic E-state index is 0.154. The molecule has 5 nitrogen and oxygen atoms in total. The minimum atomic E-state index is 0.154. The molecule has 24 heavy (non-hydrogen) atoms. The van der Waals surface area contributed by atoms with Crippen molar-refractivity contribution in [3.05, 3.63) is 54.1 Å². The molecule has 0 radical (unpaired) electrons. The zero-order valence-electron chi connectivity index (χ0n) is 13.9. The first-order chi connectivity index (χ1) is 11.6. The second-order valence-corrected chi connectivity index (χ2v) is 6.78. The van der Waals surface area contributed by atoms with Crippen LogP contribution in [0.3, 0.4) is 0 Å². The van der Waals surface area contributed by atoms with Crippen LogP contribution in [0.4, 0.5) is 10.8 Å². The Morgan fingerprint density at radius 1 is 1.08 bits per heavy atom. The van der Waals surface area contributed by atoms with Crippen LogP contribution in [-0.4, -0.2) is 10.8 Å². The number of amidine groups is 1. The molecule has 0 unspecified atom stereocenters. The number of nitrogens with one attached hydrogen (secondary N) is 1. The predicted molar refractivity (Wildman–Crippen MR) is 101 cm³/mol. The summed E-state index contributed by atoms with van der Waals surface area (Å²) in [6.07, 6.45) is 0. The number of azo groups is 1. The summed E-state index contributed by atoms with van der Waals surface area (Å²) in [7, 11) is 0. The molecule has 0 spiro atoms. The summed E-state index contributed by atoms with van der Waals surface area (Å²) in [5.74, 6) is 0.788. The SMILES string of the molecule is Cc1ccc(N/N=C(\N=Nc2nc3ccccc3s2)C(C)C)cc1. The maximum atomic E-state index is 4.45. The highest BCUT2D eigenvalue weighted by atomic mass is 32.1. The number of aryl methyl sites for hydroxylation is 1. The molecule has 0 fully saturated rings. The Bertz CT molecular complexity index is 845. The average Bonchev–Trinajstić information content (AvgIpc) is 2.99. The van der Waals surface area contributed by atoms with E-state index in [9.17, 15) is 0 Å². The molecule has 6 heteroatoms. The maximum absolute atomic E-state index is 4.45. The van der Waals surface area contributed by atoms with Crippen molar-refractivity contribution < 1.29 is 0 Å². The van der Waals surface area contributed by atoms with Gasteiger partial charge in [0.2, 0.25) is 5.13 Å². The van der Waals surface area contributed by atoms with Crippen LogP contribution in [-0.2, 0) is 0 Å². The van der Waals surface area contributed by atoms with Crippen molar-refractivity contribution in [3.63, 3.8) is 0 Å². The van der Waals surface area contributed by atoms with E-state index in [1.54, 1.807) is 0 Å². The average molecular weight is 337 g/mol. The van der Waals surface area contributed by atoms with E-state index in [-0.39, 0.29) is 5.92 Å². The van der Waals surface area contributed by atoms with E-state index < -0.39 is 0 Å². The van der Waals surface area contributed by atoms with Crippen molar-refractivity contribution in [2.24, 2.45) is 21.2 Å². The molecule has 1 N–H and O–H groups in total. The first-order valence-electron chi connectivity index (χ1n) is 7.79. The minimum Gasteiger partial charge on any atom is -0.277 e. The van der Waals surface area contributed by atoms with Crippen molar-refractivity contribution in [2.75, 3.05) is 5.43 Å². The number of para-hydroxylation sites is 1. The summed E-state index contributed by atoms with van der Waals surface area (Å²) >= 11 is 1.52. The van der Waals surface area contributed by atoms with Crippen molar-refractivity contribution in [3.8, 4) is 0 Å². The Kier molecular flexibility index (Phi) is 4.96. The van der Waals surface area contributed by atoms with Crippen LogP contribution in [0, 0.1) is 12.8 Å². The molecule has 3 rings (SSSR count). The van der Waals surface area contributed by atoms with Crippen molar-refractivity contribution >= 4 is 38.2 Å². The van der Waals surface area contributed by atoms with Gasteiger partial charge in [0.15, 0.2) is 5.84 Å². The standard InChI is InChI=1S/C18H19N5S/c1-12(2)17(21-20-14-10-8-13(3)9-11-14)22-23-18-19-15-6-4-5-7-16(15)24-18/h4-12,20H,1-3H3/b21-17-,23-22?. The fraction of sp³-hybridized carbons (Fsp3) is 0.222. The summed E-state index contributed by atoms with van der Waals surface area (Å²) < 4.78 is 1.10. The van der Waals surface area contributed by atoms with Crippen molar-refractivity contribution in [1.29, 1.82) is 0 Å². The molecule has 0 amide bonds. The highest BCUT2D eigenvalue weighted by molar-refractivity contribution is 7.21. The second-order valence-electron chi connectivity index (χ2n) is 5.77. The molecule has 0 saturated heterocycles. The number of anilines is 1. The molecule has 122 valence electrons. The van der Waals surface area contributed by atoms with Gasteiger partial charge in [-0.05, 0) is 31.2 Å². The lowest BCUT2D eigenvalue weighted by Gasteiger charge is -2.05. The van der Waals surface area contributed by atoms with E-state index in [4.69, 9.17) is 0 Å². The van der Waals surface area contributed by atoms with Crippen molar-refractivity contribution in [1.82, 2.24) is 4.98 Å². The molecular formula is C18H19N5S. The van der Waals surface area contributed by atoms with Gasteiger partial charge in [-0.1, -0.05) is 55.0 Å². The first kappa shape index (κ1) is 16.3. The molecule has 0 aliphatic heterocycles. The molecule has 0 saturated carbocycles. The van der Waals surface area contributed by atoms with Crippen LogP contribution in [0.5, 0.6) is 0 Å². The zero-order chi connectivity index (χ0) is 16.9. The van der Waals surface area contributed by atoms with Crippen LogP contribution >= 0.6 is 11.3 Å². The molecular weight excluding hydrogens is 318 g/mol. The van der Waals surface area contributed by atoms with Gasteiger partial charge in [-0.2, -0.15) is 5.10 Å². The molecule has 0 aliphatic carbocycles. The largest absolute Gasteiger partial charge is 0.277 e. The van der Waals surface area contributed by atoms with Gasteiger partial charge >= 0.3 is 0 Å². The van der Waals surface area contributed by atoms with E-state index in [1.165, 1.54) is 16.9 Å². The molecule has 0 atom stereocenters. The Morgan fingerprint density at radius 3 is 2.54 bits per heavy atom. The number of fused-ring (bicyclic) bond motifs is 1. The van der Waals surface area contributed by atoms with Gasteiger partial charge < -0.3 is 0 Å². The summed E-state index contributed by atoms with van der Waals surface area (Å²) in [5, 5.41) is 13.5. The van der Waals surface area contributed by atoms with Gasteiger partial charge in [0.25, 0.3) is 0 Å². The molecule has 2 aromatic carbocycles. The van der Waals surface area contributed by atoms with E-state index in [0.29, 0.717) is 11.0 Å². The number of rotatable bonds is 4. The monoisotopic (exact) mass is 337 g/mol. The third kappa shape index (κ3) is 4.02. The van der Waals surface area contributed by atoms with Gasteiger partial charge in [0.1, 0.15) is 0 Å². The van der Waals surface area contributed by atoms with Gasteiger partial charge in [-0.25, -0.2) is 4.98 Å². The Labute approximate surface area is 145 Å². The van der Waals surface area contributed by atoms with Crippen LogP contribution in [0.1, 0.15) is 19.4 Å². The zero-order valence-corrected chi connectivity index (χ0v) is 14.7. The number of nitrogens with zero attached hydrogens (tertiary/aromatic N) is 4. The lowest BCUT2D eigenvalue weighted by molar-refractivity contribution is 0.858. The lowest BCUT2D eigenvalue weighted by Crippen LogP contribution is -2.06. The molecule has 0 bridgehead atoms. The second kappa shape index (κ2) is 7.31. The number of hydrogen-bond donors (Lipinski definition) is 1. The van der Waals surface area contributed by atoms with E-state index in [2.05, 4.69) is 32.7 Å². The van der Waals surface area contributed by atoms with Gasteiger partial charge in [-0.3, -0.25) is 5.43 Å². The summed E-state index contributed by atoms with van der Waals surface area (Å²) in [6.45, 7) is 6.12. The van der Waals surface area contributed by atoms with Gasteiger partial charge in [0.05, 0.1) is 15.9 Å². The molecule has 1 aromatic heterocycles. The van der Waals surface area contributed by atoms with E-state index in [0.717, 1.165) is 15.9 Å². The van der Waals surface area contributed by atoms with Gasteiger partial charge in [-0.15, -0.1) is 10.2 Å². The van der Waals surface area contributed by atoms with Crippen LogP contribution in [0.15, 0.2) is 63.9 Å². The number of benzene rings is 2. The maximum Gasteiger partial charge on any atom is 0.231 e. The van der Waals surface area contributed by atoms with Gasteiger partial charge in [0, 0.05) is 5.92 Å². The smallest absolute Gasteiger partial charge is 0.231 e. The normalized spacial score (nSPS) is 12.4. The fourth-order valence-electron chi connectivity index (χ4n) is 2.01.